The van der Waals surface area contributed by atoms with Gasteiger partial charge in [-0.1, -0.05) is 12.1 Å². The summed E-state index contributed by atoms with van der Waals surface area (Å²) in [5.74, 6) is 1.60. The van der Waals surface area contributed by atoms with E-state index in [0.29, 0.717) is 12.2 Å². The van der Waals surface area contributed by atoms with Gasteiger partial charge in [-0.25, -0.2) is 4.98 Å². The van der Waals surface area contributed by atoms with Gasteiger partial charge in [0, 0.05) is 13.6 Å². The molecule has 0 spiro atoms. The van der Waals surface area contributed by atoms with Crippen molar-refractivity contribution in [1.82, 2.24) is 9.97 Å². The lowest BCUT2D eigenvalue weighted by atomic mass is 10.2. The van der Waals surface area contributed by atoms with Gasteiger partial charge in [-0.15, -0.1) is 0 Å². The molecule has 1 aromatic carbocycles. The molecule has 0 bridgehead atoms. The van der Waals surface area contributed by atoms with Crippen molar-refractivity contribution in [1.29, 1.82) is 0 Å². The van der Waals surface area contributed by atoms with Crippen molar-refractivity contribution >= 4 is 5.82 Å². The van der Waals surface area contributed by atoms with Crippen LogP contribution in [0.5, 0.6) is 5.75 Å². The minimum absolute atomic E-state index is 0.0904. The number of hydrogen-bond donors (Lipinski definition) is 1. The number of hydrogen-bond acceptors (Lipinski definition) is 5. The zero-order valence-electron chi connectivity index (χ0n) is 11.1. The number of nitrogens with zero attached hydrogens (tertiary/aromatic N) is 3. The topological polar surface area (TPSA) is 58.5 Å². The van der Waals surface area contributed by atoms with Crippen LogP contribution in [0.15, 0.2) is 36.7 Å². The predicted molar refractivity (Wildman–Crippen MR) is 73.1 cm³/mol. The summed E-state index contributed by atoms with van der Waals surface area (Å²) in [6.45, 7) is 0.622. The highest BCUT2D eigenvalue weighted by atomic mass is 16.5. The summed E-state index contributed by atoms with van der Waals surface area (Å²) >= 11 is 0. The van der Waals surface area contributed by atoms with Crippen LogP contribution in [0, 0.1) is 0 Å². The van der Waals surface area contributed by atoms with Crippen LogP contribution >= 0.6 is 0 Å². The van der Waals surface area contributed by atoms with Crippen LogP contribution in [0.2, 0.25) is 0 Å². The molecule has 0 saturated heterocycles. The van der Waals surface area contributed by atoms with Crippen LogP contribution in [0.1, 0.15) is 11.3 Å². The van der Waals surface area contributed by atoms with Gasteiger partial charge in [-0.05, 0) is 17.7 Å². The van der Waals surface area contributed by atoms with Gasteiger partial charge in [-0.2, -0.15) is 0 Å². The van der Waals surface area contributed by atoms with Crippen LogP contribution in [0.4, 0.5) is 5.82 Å². The molecule has 0 aliphatic rings. The maximum atomic E-state index is 8.93. The summed E-state index contributed by atoms with van der Waals surface area (Å²) in [6.07, 6.45) is 3.24. The van der Waals surface area contributed by atoms with Gasteiger partial charge >= 0.3 is 0 Å². The Hall–Kier alpha value is -2.14. The Morgan fingerprint density at radius 3 is 2.74 bits per heavy atom. The number of aromatic nitrogens is 2. The van der Waals surface area contributed by atoms with Crippen LogP contribution in [-0.2, 0) is 13.2 Å². The summed E-state index contributed by atoms with van der Waals surface area (Å²) in [6, 6.07) is 7.91. The van der Waals surface area contributed by atoms with Crippen molar-refractivity contribution in [2.45, 2.75) is 13.2 Å². The smallest absolute Gasteiger partial charge is 0.147 e. The zero-order valence-corrected chi connectivity index (χ0v) is 11.1. The number of aliphatic hydroxyl groups excluding tert-OH is 1. The molecule has 2 rings (SSSR count). The molecule has 0 saturated carbocycles. The highest BCUT2D eigenvalue weighted by molar-refractivity contribution is 5.37. The highest BCUT2D eigenvalue weighted by Crippen LogP contribution is 2.16. The average molecular weight is 259 g/mol. The maximum Gasteiger partial charge on any atom is 0.147 e. The van der Waals surface area contributed by atoms with Crippen molar-refractivity contribution in [2.75, 3.05) is 19.1 Å². The fraction of sp³-hybridized carbons (Fsp3) is 0.286. The lowest BCUT2D eigenvalue weighted by molar-refractivity contribution is 0.276. The number of aliphatic hydroxyl groups is 1. The van der Waals surface area contributed by atoms with Crippen molar-refractivity contribution < 1.29 is 9.84 Å². The molecular formula is C14H17N3O2. The van der Waals surface area contributed by atoms with E-state index in [-0.39, 0.29) is 6.61 Å². The molecule has 0 aliphatic heterocycles. The van der Waals surface area contributed by atoms with Crippen LogP contribution in [-0.4, -0.2) is 29.2 Å². The lowest BCUT2D eigenvalue weighted by Gasteiger charge is -2.18. The van der Waals surface area contributed by atoms with Gasteiger partial charge in [0.25, 0.3) is 0 Å². The second kappa shape index (κ2) is 6.15. The molecule has 0 atom stereocenters. The van der Waals surface area contributed by atoms with Gasteiger partial charge in [0.2, 0.25) is 0 Å². The molecule has 0 fully saturated rings. The minimum Gasteiger partial charge on any atom is -0.497 e. The van der Waals surface area contributed by atoms with Gasteiger partial charge < -0.3 is 14.7 Å². The predicted octanol–water partition coefficient (Wildman–Crippen LogP) is 1.61. The van der Waals surface area contributed by atoms with Crippen LogP contribution < -0.4 is 9.64 Å². The summed E-state index contributed by atoms with van der Waals surface area (Å²) in [5, 5.41) is 8.93. The molecule has 100 valence electrons. The molecule has 1 aromatic heterocycles. The first-order chi connectivity index (χ1) is 9.22. The van der Waals surface area contributed by atoms with Crippen molar-refractivity contribution in [3.63, 3.8) is 0 Å². The summed E-state index contributed by atoms with van der Waals surface area (Å²) in [7, 11) is 3.60. The standard InChI is InChI=1S/C14H17N3O2/c1-17(14-8-15-12(10-18)7-16-14)9-11-4-3-5-13(6-11)19-2/h3-8,18H,9-10H2,1-2H3. The number of ether oxygens (including phenoxy) is 1. The maximum absolute atomic E-state index is 8.93. The molecular weight excluding hydrogens is 242 g/mol. The Morgan fingerprint density at radius 1 is 1.26 bits per heavy atom. The van der Waals surface area contributed by atoms with Gasteiger partial charge in [0.05, 0.1) is 31.8 Å². The third-order valence-electron chi connectivity index (χ3n) is 2.80. The van der Waals surface area contributed by atoms with E-state index in [2.05, 4.69) is 9.97 Å². The van der Waals surface area contributed by atoms with E-state index in [1.54, 1.807) is 19.5 Å². The molecule has 0 unspecified atom stereocenters. The average Bonchev–Trinajstić information content (AvgIpc) is 2.47. The molecule has 5 nitrogen and oxygen atoms in total. The Labute approximate surface area is 112 Å². The molecule has 2 aromatic rings. The van der Waals surface area contributed by atoms with Crippen LogP contribution in [0.25, 0.3) is 0 Å². The monoisotopic (exact) mass is 259 g/mol. The number of benzene rings is 1. The van der Waals surface area contributed by atoms with Crippen molar-refractivity contribution in [3.05, 3.63) is 47.9 Å². The first-order valence-corrected chi connectivity index (χ1v) is 5.99. The van der Waals surface area contributed by atoms with E-state index < -0.39 is 0 Å². The molecule has 0 radical (unpaired) electrons. The number of anilines is 1. The largest absolute Gasteiger partial charge is 0.497 e. The van der Waals surface area contributed by atoms with Crippen LogP contribution in [0.3, 0.4) is 0 Å². The van der Waals surface area contributed by atoms with Gasteiger partial charge in [0.1, 0.15) is 11.6 Å². The van der Waals surface area contributed by atoms with E-state index in [0.717, 1.165) is 17.1 Å². The Bertz CT molecular complexity index is 528. The first kappa shape index (κ1) is 13.3. The van der Waals surface area contributed by atoms with E-state index in [4.69, 9.17) is 9.84 Å². The minimum atomic E-state index is -0.0904. The van der Waals surface area contributed by atoms with E-state index in [1.807, 2.05) is 36.2 Å². The third kappa shape index (κ3) is 3.42. The lowest BCUT2D eigenvalue weighted by Crippen LogP contribution is -2.18. The van der Waals surface area contributed by atoms with E-state index in [9.17, 15) is 0 Å². The molecule has 1 N–H and O–H groups in total. The van der Waals surface area contributed by atoms with Gasteiger partial charge in [-0.3, -0.25) is 4.98 Å². The SMILES string of the molecule is COc1cccc(CN(C)c2cnc(CO)cn2)c1. The van der Waals surface area contributed by atoms with Gasteiger partial charge in [0.15, 0.2) is 0 Å². The second-order valence-corrected chi connectivity index (χ2v) is 4.23. The van der Waals surface area contributed by atoms with Crippen molar-refractivity contribution in [2.24, 2.45) is 0 Å². The second-order valence-electron chi connectivity index (χ2n) is 4.23. The number of methoxy groups -OCH3 is 1. The summed E-state index contributed by atoms with van der Waals surface area (Å²) in [4.78, 5) is 10.4. The fourth-order valence-electron chi connectivity index (χ4n) is 1.75. The van der Waals surface area contributed by atoms with E-state index >= 15 is 0 Å². The fourth-order valence-corrected chi connectivity index (χ4v) is 1.75. The molecule has 19 heavy (non-hydrogen) atoms. The molecule has 0 aliphatic carbocycles. The third-order valence-corrected chi connectivity index (χ3v) is 2.80. The Kier molecular flexibility index (Phi) is 4.30. The van der Waals surface area contributed by atoms with Crippen molar-refractivity contribution in [3.8, 4) is 5.75 Å². The summed E-state index contributed by atoms with van der Waals surface area (Å²) in [5.41, 5.74) is 1.70. The Balaban J connectivity index is 2.08. The Morgan fingerprint density at radius 2 is 2.11 bits per heavy atom. The molecule has 5 heteroatoms. The first-order valence-electron chi connectivity index (χ1n) is 5.99. The molecule has 1 heterocycles. The quantitative estimate of drug-likeness (QED) is 0.884. The summed E-state index contributed by atoms with van der Waals surface area (Å²) < 4.78 is 5.20. The highest BCUT2D eigenvalue weighted by Gasteiger charge is 2.05. The zero-order chi connectivity index (χ0) is 13.7. The molecule has 0 amide bonds. The normalized spacial score (nSPS) is 10.3. The number of rotatable bonds is 5. The van der Waals surface area contributed by atoms with E-state index in [1.165, 1.54) is 0 Å².